The van der Waals surface area contributed by atoms with Gasteiger partial charge in [-0.2, -0.15) is 0 Å². The molecule has 0 saturated carbocycles. The Morgan fingerprint density at radius 2 is 2.12 bits per heavy atom. The molecule has 2 heterocycles. The molecule has 2 aromatic heterocycles. The average molecular weight is 337 g/mol. The average Bonchev–Trinajstić information content (AvgIpc) is 3.14. The van der Waals surface area contributed by atoms with Crippen molar-refractivity contribution in [3.05, 3.63) is 71.9 Å². The highest BCUT2D eigenvalue weighted by atomic mass is 16.5. The standard InChI is InChI=1S/C19H19N3O3/c1-13-5-6-18(24-2)17(8-13)22-15-9-14(10-20-11-15)19(23)21-12-16-4-3-7-25-16/h3-11,22H,12H2,1-2H3,(H,21,23). The Bertz CT molecular complexity index is 860. The van der Waals surface area contributed by atoms with Crippen LogP contribution in [0.25, 0.3) is 0 Å². The number of nitrogens with zero attached hydrogens (tertiary/aromatic N) is 1. The Balaban J connectivity index is 1.73. The van der Waals surface area contributed by atoms with Gasteiger partial charge in [0.25, 0.3) is 5.91 Å². The van der Waals surface area contributed by atoms with E-state index in [9.17, 15) is 4.79 Å². The molecule has 0 spiro atoms. The van der Waals surface area contributed by atoms with Crippen LogP contribution >= 0.6 is 0 Å². The number of ether oxygens (including phenoxy) is 1. The Morgan fingerprint density at radius 3 is 2.88 bits per heavy atom. The number of hydrogen-bond donors (Lipinski definition) is 2. The van der Waals surface area contributed by atoms with Crippen LogP contribution in [-0.2, 0) is 6.54 Å². The van der Waals surface area contributed by atoms with Gasteiger partial charge >= 0.3 is 0 Å². The monoisotopic (exact) mass is 337 g/mol. The number of methoxy groups -OCH3 is 1. The fourth-order valence-electron chi connectivity index (χ4n) is 2.39. The smallest absolute Gasteiger partial charge is 0.253 e. The maximum absolute atomic E-state index is 12.3. The lowest BCUT2D eigenvalue weighted by atomic mass is 10.2. The lowest BCUT2D eigenvalue weighted by Gasteiger charge is -2.12. The minimum absolute atomic E-state index is 0.219. The van der Waals surface area contributed by atoms with Crippen LogP contribution in [0.5, 0.6) is 5.75 Å². The predicted octanol–water partition coefficient (Wildman–Crippen LogP) is 3.67. The second-order valence-corrected chi connectivity index (χ2v) is 5.55. The number of nitrogens with one attached hydrogen (secondary N) is 2. The van der Waals surface area contributed by atoms with Crippen molar-refractivity contribution in [3.63, 3.8) is 0 Å². The quantitative estimate of drug-likeness (QED) is 0.718. The molecule has 128 valence electrons. The van der Waals surface area contributed by atoms with Gasteiger partial charge in [-0.15, -0.1) is 0 Å². The molecule has 6 nitrogen and oxygen atoms in total. The Kier molecular flexibility index (Phi) is 4.99. The van der Waals surface area contributed by atoms with Crippen molar-refractivity contribution in [1.29, 1.82) is 0 Å². The number of aryl methyl sites for hydroxylation is 1. The van der Waals surface area contributed by atoms with Crippen molar-refractivity contribution in [3.8, 4) is 5.75 Å². The molecule has 25 heavy (non-hydrogen) atoms. The fourth-order valence-corrected chi connectivity index (χ4v) is 2.39. The van der Waals surface area contributed by atoms with Crippen molar-refractivity contribution < 1.29 is 13.9 Å². The van der Waals surface area contributed by atoms with Crippen LogP contribution in [0.1, 0.15) is 21.7 Å². The normalized spacial score (nSPS) is 10.3. The van der Waals surface area contributed by atoms with Gasteiger partial charge < -0.3 is 19.8 Å². The molecule has 3 aromatic rings. The molecule has 1 amide bonds. The van der Waals surface area contributed by atoms with Crippen LogP contribution in [0.2, 0.25) is 0 Å². The van der Waals surface area contributed by atoms with Crippen LogP contribution in [0.15, 0.2) is 59.5 Å². The van der Waals surface area contributed by atoms with Gasteiger partial charge in [-0.3, -0.25) is 9.78 Å². The second kappa shape index (κ2) is 7.53. The molecular weight excluding hydrogens is 318 g/mol. The number of aromatic nitrogens is 1. The largest absolute Gasteiger partial charge is 0.495 e. The van der Waals surface area contributed by atoms with Gasteiger partial charge in [-0.25, -0.2) is 0 Å². The molecule has 0 fully saturated rings. The Hall–Kier alpha value is -3.28. The fraction of sp³-hybridized carbons (Fsp3) is 0.158. The van der Waals surface area contributed by atoms with Gasteiger partial charge in [0.1, 0.15) is 11.5 Å². The number of carbonyl (C=O) groups is 1. The van der Waals surface area contributed by atoms with E-state index in [1.165, 1.54) is 6.20 Å². The summed E-state index contributed by atoms with van der Waals surface area (Å²) >= 11 is 0. The van der Waals surface area contributed by atoms with E-state index >= 15 is 0 Å². The van der Waals surface area contributed by atoms with E-state index in [1.807, 2.05) is 25.1 Å². The number of amides is 1. The predicted molar refractivity (Wildman–Crippen MR) is 95.1 cm³/mol. The summed E-state index contributed by atoms with van der Waals surface area (Å²) in [4.78, 5) is 16.4. The number of furan rings is 1. The first-order chi connectivity index (χ1) is 12.2. The topological polar surface area (TPSA) is 76.4 Å². The van der Waals surface area contributed by atoms with E-state index in [1.54, 1.807) is 37.8 Å². The molecule has 0 aliphatic rings. The molecule has 0 bridgehead atoms. The SMILES string of the molecule is COc1ccc(C)cc1Nc1cncc(C(=O)NCc2ccco2)c1. The number of hydrogen-bond acceptors (Lipinski definition) is 5. The first-order valence-electron chi connectivity index (χ1n) is 7.83. The summed E-state index contributed by atoms with van der Waals surface area (Å²) < 4.78 is 10.6. The summed E-state index contributed by atoms with van der Waals surface area (Å²) in [5.74, 6) is 1.20. The molecule has 0 atom stereocenters. The number of carbonyl (C=O) groups excluding carboxylic acids is 1. The molecule has 0 unspecified atom stereocenters. The Labute approximate surface area is 145 Å². The molecule has 0 aliphatic carbocycles. The van der Waals surface area contributed by atoms with Gasteiger partial charge in [-0.1, -0.05) is 6.07 Å². The Morgan fingerprint density at radius 1 is 1.24 bits per heavy atom. The van der Waals surface area contributed by atoms with Crippen molar-refractivity contribution in [1.82, 2.24) is 10.3 Å². The highest BCUT2D eigenvalue weighted by molar-refractivity contribution is 5.94. The summed E-state index contributed by atoms with van der Waals surface area (Å²) in [5, 5.41) is 6.04. The van der Waals surface area contributed by atoms with E-state index in [2.05, 4.69) is 15.6 Å². The summed E-state index contributed by atoms with van der Waals surface area (Å²) in [6.45, 7) is 2.33. The number of rotatable bonds is 6. The lowest BCUT2D eigenvalue weighted by Crippen LogP contribution is -2.22. The molecule has 2 N–H and O–H groups in total. The third-order valence-electron chi connectivity index (χ3n) is 3.64. The van der Waals surface area contributed by atoms with E-state index in [0.29, 0.717) is 23.6 Å². The first-order valence-corrected chi connectivity index (χ1v) is 7.83. The molecule has 0 saturated heterocycles. The van der Waals surface area contributed by atoms with Crippen LogP contribution in [0.3, 0.4) is 0 Å². The molecule has 3 rings (SSSR count). The zero-order valence-electron chi connectivity index (χ0n) is 14.1. The maximum Gasteiger partial charge on any atom is 0.253 e. The summed E-state index contributed by atoms with van der Waals surface area (Å²) in [5.41, 5.74) is 3.08. The first kappa shape index (κ1) is 16.6. The van der Waals surface area contributed by atoms with E-state index in [0.717, 1.165) is 17.0 Å². The number of anilines is 2. The zero-order valence-corrected chi connectivity index (χ0v) is 14.1. The van der Waals surface area contributed by atoms with Gasteiger partial charge in [0.2, 0.25) is 0 Å². The van der Waals surface area contributed by atoms with Gasteiger partial charge in [0.05, 0.1) is 43.1 Å². The van der Waals surface area contributed by atoms with Crippen molar-refractivity contribution in [2.24, 2.45) is 0 Å². The van der Waals surface area contributed by atoms with E-state index in [-0.39, 0.29) is 5.91 Å². The number of pyridine rings is 1. The van der Waals surface area contributed by atoms with Crippen molar-refractivity contribution in [2.75, 3.05) is 12.4 Å². The zero-order chi connectivity index (χ0) is 17.6. The van der Waals surface area contributed by atoms with Gasteiger partial charge in [0.15, 0.2) is 0 Å². The number of benzene rings is 1. The molecule has 1 aromatic carbocycles. The van der Waals surface area contributed by atoms with Crippen LogP contribution < -0.4 is 15.4 Å². The van der Waals surface area contributed by atoms with Crippen LogP contribution in [0.4, 0.5) is 11.4 Å². The summed E-state index contributed by atoms with van der Waals surface area (Å²) in [7, 11) is 1.62. The third-order valence-corrected chi connectivity index (χ3v) is 3.64. The van der Waals surface area contributed by atoms with E-state index < -0.39 is 0 Å². The lowest BCUT2D eigenvalue weighted by molar-refractivity contribution is 0.0947. The van der Waals surface area contributed by atoms with Crippen molar-refractivity contribution in [2.45, 2.75) is 13.5 Å². The van der Waals surface area contributed by atoms with Crippen LogP contribution in [0, 0.1) is 6.92 Å². The highest BCUT2D eigenvalue weighted by Gasteiger charge is 2.09. The van der Waals surface area contributed by atoms with Gasteiger partial charge in [0, 0.05) is 6.20 Å². The minimum Gasteiger partial charge on any atom is -0.495 e. The third kappa shape index (κ3) is 4.17. The van der Waals surface area contributed by atoms with E-state index in [4.69, 9.17) is 9.15 Å². The second-order valence-electron chi connectivity index (χ2n) is 5.55. The molecule has 6 heteroatoms. The molecular formula is C19H19N3O3. The van der Waals surface area contributed by atoms with Crippen molar-refractivity contribution >= 4 is 17.3 Å². The summed E-state index contributed by atoms with van der Waals surface area (Å²) in [6, 6.07) is 11.2. The maximum atomic E-state index is 12.3. The highest BCUT2D eigenvalue weighted by Crippen LogP contribution is 2.28. The summed E-state index contributed by atoms with van der Waals surface area (Å²) in [6.07, 6.45) is 4.75. The molecule has 0 radical (unpaired) electrons. The minimum atomic E-state index is -0.219. The van der Waals surface area contributed by atoms with Gasteiger partial charge in [-0.05, 0) is 42.8 Å². The van der Waals surface area contributed by atoms with Crippen LogP contribution in [-0.4, -0.2) is 18.0 Å². The molecule has 0 aliphatic heterocycles.